The first-order chi connectivity index (χ1) is 9.31. The highest BCUT2D eigenvalue weighted by molar-refractivity contribution is 9.11. The Morgan fingerprint density at radius 1 is 1.50 bits per heavy atom. The predicted octanol–water partition coefficient (Wildman–Crippen LogP) is 3.16. The lowest BCUT2D eigenvalue weighted by Crippen LogP contribution is -2.48. The van der Waals surface area contributed by atoms with Crippen LogP contribution in [0.1, 0.15) is 12.6 Å². The molecular formula is C11H14BrF3N2O2S. The van der Waals surface area contributed by atoms with Crippen LogP contribution in [0.5, 0.6) is 0 Å². The number of morpholine rings is 1. The van der Waals surface area contributed by atoms with Gasteiger partial charge in [-0.2, -0.15) is 13.2 Å². The molecule has 0 radical (unpaired) electrons. The van der Waals surface area contributed by atoms with Gasteiger partial charge in [-0.3, -0.25) is 0 Å². The number of rotatable bonds is 3. The molecule has 1 fully saturated rings. The topological polar surface area (TPSA) is 34.6 Å². The monoisotopic (exact) mass is 374 g/mol. The first kappa shape index (κ1) is 16.0. The maximum atomic E-state index is 12.8. The van der Waals surface area contributed by atoms with Crippen molar-refractivity contribution in [1.82, 2.24) is 4.98 Å². The summed E-state index contributed by atoms with van der Waals surface area (Å²) in [5.41, 5.74) is -0.875. The van der Waals surface area contributed by atoms with Crippen molar-refractivity contribution >= 4 is 32.4 Å². The molecule has 1 aromatic heterocycles. The van der Waals surface area contributed by atoms with E-state index < -0.39 is 11.9 Å². The Labute approximate surface area is 127 Å². The fourth-order valence-corrected chi connectivity index (χ4v) is 3.66. The normalized spacial score (nSPS) is 24.2. The number of ether oxygens (including phenoxy) is 2. The standard InChI is InChI=1S/C11H14BrF3N2O2S/c1-6-3-17(4-7(19-6)5-18-2)10-16-8(9(12)20-10)11(13,14)15/h6-7H,3-5H2,1-2H3. The highest BCUT2D eigenvalue weighted by Gasteiger charge is 2.38. The first-order valence-corrected chi connectivity index (χ1v) is 7.55. The lowest BCUT2D eigenvalue weighted by molar-refractivity contribution is -0.141. The highest BCUT2D eigenvalue weighted by Crippen LogP contribution is 2.40. The minimum absolute atomic E-state index is 0.00226. The molecule has 0 aliphatic carbocycles. The number of nitrogens with zero attached hydrogens (tertiary/aromatic N) is 2. The van der Waals surface area contributed by atoms with Crippen LogP contribution in [0.2, 0.25) is 0 Å². The summed E-state index contributed by atoms with van der Waals surface area (Å²) < 4.78 is 49.0. The molecule has 0 aromatic carbocycles. The summed E-state index contributed by atoms with van der Waals surface area (Å²) in [4.78, 5) is 5.52. The van der Waals surface area contributed by atoms with Crippen LogP contribution in [0.3, 0.4) is 0 Å². The van der Waals surface area contributed by atoms with Gasteiger partial charge in [0.25, 0.3) is 0 Å². The molecule has 2 heterocycles. The van der Waals surface area contributed by atoms with Gasteiger partial charge in [0, 0.05) is 20.2 Å². The zero-order chi connectivity index (χ0) is 14.9. The summed E-state index contributed by atoms with van der Waals surface area (Å²) in [7, 11) is 1.56. The van der Waals surface area contributed by atoms with E-state index in [4.69, 9.17) is 9.47 Å². The van der Waals surface area contributed by atoms with Gasteiger partial charge in [-0.15, -0.1) is 0 Å². The highest BCUT2D eigenvalue weighted by atomic mass is 79.9. The molecule has 1 aliphatic heterocycles. The molecule has 1 aromatic rings. The molecule has 0 saturated carbocycles. The molecule has 20 heavy (non-hydrogen) atoms. The molecule has 0 N–H and O–H groups in total. The Bertz CT molecular complexity index is 469. The molecule has 1 aliphatic rings. The number of methoxy groups -OCH3 is 1. The van der Waals surface area contributed by atoms with E-state index in [0.717, 1.165) is 11.3 Å². The molecule has 1 saturated heterocycles. The molecule has 0 amide bonds. The largest absolute Gasteiger partial charge is 0.435 e. The maximum Gasteiger partial charge on any atom is 0.435 e. The Balaban J connectivity index is 2.18. The van der Waals surface area contributed by atoms with E-state index in [2.05, 4.69) is 20.9 Å². The third kappa shape index (κ3) is 3.63. The average Bonchev–Trinajstić information content (AvgIpc) is 2.71. The number of halogens is 4. The first-order valence-electron chi connectivity index (χ1n) is 5.94. The molecule has 114 valence electrons. The number of aromatic nitrogens is 1. The Morgan fingerprint density at radius 2 is 2.20 bits per heavy atom. The summed E-state index contributed by atoms with van der Waals surface area (Å²) in [6.07, 6.45) is -4.70. The van der Waals surface area contributed by atoms with Gasteiger partial charge in [-0.05, 0) is 22.9 Å². The van der Waals surface area contributed by atoms with Crippen molar-refractivity contribution in [3.8, 4) is 0 Å². The van der Waals surface area contributed by atoms with Gasteiger partial charge >= 0.3 is 6.18 Å². The SMILES string of the molecule is COCC1CN(c2nc(C(F)(F)F)c(Br)s2)CC(C)O1. The summed E-state index contributed by atoms with van der Waals surface area (Å²) >= 11 is 3.92. The summed E-state index contributed by atoms with van der Waals surface area (Å²) in [6.45, 7) is 3.26. The van der Waals surface area contributed by atoms with E-state index in [-0.39, 0.29) is 16.0 Å². The maximum absolute atomic E-state index is 12.8. The van der Waals surface area contributed by atoms with Gasteiger partial charge in [0.15, 0.2) is 10.8 Å². The fourth-order valence-electron chi connectivity index (χ4n) is 2.08. The second kappa shape index (κ2) is 6.17. The lowest BCUT2D eigenvalue weighted by atomic mass is 10.2. The average molecular weight is 375 g/mol. The van der Waals surface area contributed by atoms with Crippen LogP contribution >= 0.6 is 27.3 Å². The van der Waals surface area contributed by atoms with Crippen molar-refractivity contribution in [2.45, 2.75) is 25.3 Å². The molecule has 0 bridgehead atoms. The Hall–Kier alpha value is -0.380. The van der Waals surface area contributed by atoms with Crippen molar-refractivity contribution in [2.75, 3.05) is 31.7 Å². The Morgan fingerprint density at radius 3 is 2.75 bits per heavy atom. The summed E-state index contributed by atoms with van der Waals surface area (Å²) in [5.74, 6) is 0. The summed E-state index contributed by atoms with van der Waals surface area (Å²) in [5, 5.41) is 0.348. The van der Waals surface area contributed by atoms with E-state index in [1.807, 2.05) is 11.8 Å². The van der Waals surface area contributed by atoms with Gasteiger partial charge < -0.3 is 14.4 Å². The van der Waals surface area contributed by atoms with Gasteiger partial charge in [-0.1, -0.05) is 11.3 Å². The number of anilines is 1. The smallest absolute Gasteiger partial charge is 0.382 e. The zero-order valence-electron chi connectivity index (χ0n) is 10.9. The zero-order valence-corrected chi connectivity index (χ0v) is 13.3. The van der Waals surface area contributed by atoms with Crippen LogP contribution < -0.4 is 4.90 Å². The van der Waals surface area contributed by atoms with Crippen LogP contribution in [-0.2, 0) is 15.7 Å². The van der Waals surface area contributed by atoms with Crippen LogP contribution in [0.15, 0.2) is 3.79 Å². The van der Waals surface area contributed by atoms with Crippen LogP contribution in [0.25, 0.3) is 0 Å². The number of hydrogen-bond acceptors (Lipinski definition) is 5. The van der Waals surface area contributed by atoms with Gasteiger partial charge in [0.05, 0.1) is 18.8 Å². The van der Waals surface area contributed by atoms with Crippen LogP contribution in [-0.4, -0.2) is 44.0 Å². The molecule has 9 heteroatoms. The number of thiazole rings is 1. The number of alkyl halides is 3. The van der Waals surface area contributed by atoms with Gasteiger partial charge in [0.1, 0.15) is 3.79 Å². The fraction of sp³-hybridized carbons (Fsp3) is 0.727. The second-order valence-corrected chi connectivity index (χ2v) is 6.84. The minimum atomic E-state index is -4.45. The van der Waals surface area contributed by atoms with Crippen molar-refractivity contribution < 1.29 is 22.6 Å². The Kier molecular flexibility index (Phi) is 4.93. The number of hydrogen-bond donors (Lipinski definition) is 0. The van der Waals surface area contributed by atoms with Crippen molar-refractivity contribution in [2.24, 2.45) is 0 Å². The predicted molar refractivity (Wildman–Crippen MR) is 73.2 cm³/mol. The van der Waals surface area contributed by atoms with Crippen molar-refractivity contribution in [1.29, 1.82) is 0 Å². The quantitative estimate of drug-likeness (QED) is 0.813. The van der Waals surface area contributed by atoms with E-state index >= 15 is 0 Å². The van der Waals surface area contributed by atoms with Gasteiger partial charge in [-0.25, -0.2) is 4.98 Å². The molecular weight excluding hydrogens is 361 g/mol. The van der Waals surface area contributed by atoms with E-state index in [0.29, 0.717) is 24.8 Å². The molecule has 2 atom stereocenters. The van der Waals surface area contributed by atoms with Crippen LogP contribution in [0, 0.1) is 0 Å². The molecule has 0 spiro atoms. The van der Waals surface area contributed by atoms with Crippen LogP contribution in [0.4, 0.5) is 18.3 Å². The van der Waals surface area contributed by atoms with Gasteiger partial charge in [0.2, 0.25) is 0 Å². The lowest BCUT2D eigenvalue weighted by Gasteiger charge is -2.36. The van der Waals surface area contributed by atoms with Crippen molar-refractivity contribution in [3.05, 3.63) is 9.48 Å². The van der Waals surface area contributed by atoms with Crippen molar-refractivity contribution in [3.63, 3.8) is 0 Å². The third-order valence-corrected chi connectivity index (χ3v) is 4.56. The molecule has 4 nitrogen and oxygen atoms in total. The minimum Gasteiger partial charge on any atom is -0.382 e. The van der Waals surface area contributed by atoms with E-state index in [9.17, 15) is 13.2 Å². The molecule has 2 unspecified atom stereocenters. The second-order valence-electron chi connectivity index (χ2n) is 4.55. The van der Waals surface area contributed by atoms with E-state index in [1.54, 1.807) is 7.11 Å². The molecule has 2 rings (SSSR count). The van der Waals surface area contributed by atoms with E-state index in [1.165, 1.54) is 0 Å². The third-order valence-electron chi connectivity index (χ3n) is 2.79. The summed E-state index contributed by atoms with van der Waals surface area (Å²) in [6, 6.07) is 0.